The fraction of sp³-hybridized carbons (Fsp3) is 0.474. The van der Waals surface area contributed by atoms with Gasteiger partial charge in [0, 0.05) is 12.3 Å². The second kappa shape index (κ2) is 10.2. The Labute approximate surface area is 148 Å². The Morgan fingerprint density at radius 1 is 1.21 bits per heavy atom. The van der Waals surface area contributed by atoms with Crippen LogP contribution in [0.4, 0.5) is 4.79 Å². The van der Waals surface area contributed by atoms with Crippen LogP contribution in [-0.4, -0.2) is 24.2 Å². The summed E-state index contributed by atoms with van der Waals surface area (Å²) in [7, 11) is 0. The van der Waals surface area contributed by atoms with Crippen molar-refractivity contribution < 1.29 is 9.59 Å². The van der Waals surface area contributed by atoms with Crippen LogP contribution >= 0.6 is 11.8 Å². The average molecular weight is 346 g/mol. The topological polar surface area (TPSA) is 58.2 Å². The third-order valence-electron chi connectivity index (χ3n) is 4.12. The largest absolute Gasteiger partial charge is 0.337 e. The fourth-order valence-corrected chi connectivity index (χ4v) is 3.60. The first-order valence-electron chi connectivity index (χ1n) is 8.53. The van der Waals surface area contributed by atoms with E-state index in [0.717, 1.165) is 25.0 Å². The van der Waals surface area contributed by atoms with Crippen LogP contribution in [0.15, 0.2) is 35.9 Å². The van der Waals surface area contributed by atoms with Gasteiger partial charge in [-0.1, -0.05) is 35.9 Å². The quantitative estimate of drug-likeness (QED) is 0.735. The highest BCUT2D eigenvalue weighted by atomic mass is 32.2. The normalized spacial score (nSPS) is 14.0. The number of urea groups is 1. The lowest BCUT2D eigenvalue weighted by Gasteiger charge is -2.13. The van der Waals surface area contributed by atoms with Gasteiger partial charge < -0.3 is 5.32 Å². The van der Waals surface area contributed by atoms with E-state index in [9.17, 15) is 9.59 Å². The lowest BCUT2D eigenvalue weighted by atomic mass is 9.97. The summed E-state index contributed by atoms with van der Waals surface area (Å²) in [5.41, 5.74) is 3.86. The number of carbonyl (C=O) groups excluding carboxylic acids is 2. The van der Waals surface area contributed by atoms with Crippen LogP contribution < -0.4 is 10.6 Å². The molecule has 24 heavy (non-hydrogen) atoms. The molecule has 4 nitrogen and oxygen atoms in total. The first-order valence-corrected chi connectivity index (χ1v) is 9.68. The minimum absolute atomic E-state index is 0.247. The van der Waals surface area contributed by atoms with Crippen LogP contribution in [0.25, 0.3) is 0 Å². The Bertz CT molecular complexity index is 599. The molecule has 0 saturated carbocycles. The van der Waals surface area contributed by atoms with E-state index in [1.165, 1.54) is 41.3 Å². The molecule has 0 aliphatic heterocycles. The predicted molar refractivity (Wildman–Crippen MR) is 100 cm³/mol. The summed E-state index contributed by atoms with van der Waals surface area (Å²) in [4.78, 5) is 23.5. The number of amides is 3. The molecule has 2 rings (SSSR count). The smallest absolute Gasteiger partial charge is 0.321 e. The summed E-state index contributed by atoms with van der Waals surface area (Å²) >= 11 is 1.52. The highest BCUT2D eigenvalue weighted by Crippen LogP contribution is 2.19. The molecule has 0 atom stereocenters. The molecule has 1 aromatic rings. The summed E-state index contributed by atoms with van der Waals surface area (Å²) in [5.74, 6) is 0.811. The molecule has 0 saturated heterocycles. The lowest BCUT2D eigenvalue weighted by Crippen LogP contribution is -2.40. The van der Waals surface area contributed by atoms with Gasteiger partial charge in [-0.25, -0.2) is 4.79 Å². The number of nitrogens with one attached hydrogen (secondary N) is 2. The van der Waals surface area contributed by atoms with E-state index in [2.05, 4.69) is 35.8 Å². The van der Waals surface area contributed by atoms with Crippen molar-refractivity contribution >= 4 is 23.7 Å². The van der Waals surface area contributed by atoms with Gasteiger partial charge in [0.25, 0.3) is 0 Å². The molecular formula is C19H26N2O2S. The average Bonchev–Trinajstić information content (AvgIpc) is 2.57. The highest BCUT2D eigenvalue weighted by Gasteiger charge is 2.09. The van der Waals surface area contributed by atoms with Crippen LogP contribution in [0.3, 0.4) is 0 Å². The number of aryl methyl sites for hydroxylation is 1. The summed E-state index contributed by atoms with van der Waals surface area (Å²) < 4.78 is 0. The number of hydrogen-bond acceptors (Lipinski definition) is 3. The van der Waals surface area contributed by atoms with Crippen molar-refractivity contribution in [2.24, 2.45) is 0 Å². The van der Waals surface area contributed by atoms with Gasteiger partial charge in [-0.3, -0.25) is 10.1 Å². The minimum atomic E-state index is -0.395. The molecule has 1 aliphatic rings. The Hall–Kier alpha value is -1.75. The number of rotatable bonds is 7. The third-order valence-corrected chi connectivity index (χ3v) is 5.10. The van der Waals surface area contributed by atoms with Gasteiger partial charge in [0.15, 0.2) is 0 Å². The van der Waals surface area contributed by atoms with E-state index >= 15 is 0 Å². The molecule has 2 N–H and O–H groups in total. The second-order valence-corrected chi connectivity index (χ2v) is 7.07. The predicted octanol–water partition coefficient (Wildman–Crippen LogP) is 3.94. The molecule has 0 fully saturated rings. The highest BCUT2D eigenvalue weighted by molar-refractivity contribution is 7.99. The molecule has 1 aliphatic carbocycles. The minimum Gasteiger partial charge on any atom is -0.337 e. The van der Waals surface area contributed by atoms with Crippen molar-refractivity contribution in [3.8, 4) is 0 Å². The molecule has 0 unspecified atom stereocenters. The van der Waals surface area contributed by atoms with Gasteiger partial charge >= 0.3 is 6.03 Å². The lowest BCUT2D eigenvalue weighted by molar-refractivity contribution is -0.117. The van der Waals surface area contributed by atoms with Crippen LogP contribution in [0.5, 0.6) is 0 Å². The number of thioether (sulfide) groups is 1. The monoisotopic (exact) mass is 346 g/mol. The van der Waals surface area contributed by atoms with Crippen molar-refractivity contribution in [2.45, 2.75) is 44.8 Å². The summed E-state index contributed by atoms with van der Waals surface area (Å²) in [5, 5.41) is 5.15. The number of carbonyl (C=O) groups is 2. The molecular weight excluding hydrogens is 320 g/mol. The second-order valence-electron chi connectivity index (χ2n) is 6.08. The maximum absolute atomic E-state index is 11.8. The van der Waals surface area contributed by atoms with Crippen LogP contribution in [0, 0.1) is 6.92 Å². The Morgan fingerprint density at radius 2 is 2.04 bits per heavy atom. The van der Waals surface area contributed by atoms with Crippen LogP contribution in [0.1, 0.15) is 43.2 Å². The van der Waals surface area contributed by atoms with Crippen molar-refractivity contribution in [3.05, 3.63) is 47.0 Å². The summed E-state index contributed by atoms with van der Waals surface area (Å²) in [6.45, 7) is 2.65. The zero-order valence-electron chi connectivity index (χ0n) is 14.3. The molecule has 0 spiro atoms. The standard InChI is InChI=1S/C19H26N2O2S/c1-15-7-5-6-10-17(15)13-24-14-18(22)21-19(23)20-12-11-16-8-3-2-4-9-16/h5-8,10H,2-4,9,11-14H2,1H3,(H2,20,21,22,23). The van der Waals surface area contributed by atoms with E-state index in [0.29, 0.717) is 6.54 Å². The van der Waals surface area contributed by atoms with Gasteiger partial charge in [0.2, 0.25) is 5.91 Å². The molecule has 0 aromatic heterocycles. The number of benzene rings is 1. The first-order chi connectivity index (χ1) is 11.6. The molecule has 1 aromatic carbocycles. The molecule has 130 valence electrons. The van der Waals surface area contributed by atoms with E-state index in [4.69, 9.17) is 0 Å². The van der Waals surface area contributed by atoms with E-state index in [1.807, 2.05) is 12.1 Å². The summed E-state index contributed by atoms with van der Waals surface area (Å²) in [6.07, 6.45) is 7.96. The zero-order chi connectivity index (χ0) is 17.2. The maximum Gasteiger partial charge on any atom is 0.321 e. The Balaban J connectivity index is 1.58. The number of imide groups is 1. The van der Waals surface area contributed by atoms with Crippen LogP contribution in [-0.2, 0) is 10.5 Å². The SMILES string of the molecule is Cc1ccccc1CSCC(=O)NC(=O)NCCC1=CCCCC1. The van der Waals surface area contributed by atoms with Gasteiger partial charge in [0.05, 0.1) is 5.75 Å². The van der Waals surface area contributed by atoms with Gasteiger partial charge in [-0.15, -0.1) is 11.8 Å². The molecule has 0 radical (unpaired) electrons. The number of allylic oxidation sites excluding steroid dienone is 1. The van der Waals surface area contributed by atoms with Crippen molar-refractivity contribution in [2.75, 3.05) is 12.3 Å². The van der Waals surface area contributed by atoms with E-state index in [-0.39, 0.29) is 11.7 Å². The Kier molecular flexibility index (Phi) is 7.89. The molecule has 0 bridgehead atoms. The first kappa shape index (κ1) is 18.6. The molecule has 3 amide bonds. The maximum atomic E-state index is 11.8. The Morgan fingerprint density at radius 3 is 2.79 bits per heavy atom. The third kappa shape index (κ3) is 6.79. The van der Waals surface area contributed by atoms with Crippen LogP contribution in [0.2, 0.25) is 0 Å². The van der Waals surface area contributed by atoms with E-state index in [1.54, 1.807) is 0 Å². The van der Waals surface area contributed by atoms with Gasteiger partial charge in [-0.05, 0) is 50.2 Å². The fourth-order valence-electron chi connectivity index (χ4n) is 2.70. The van der Waals surface area contributed by atoms with Crippen molar-refractivity contribution in [1.29, 1.82) is 0 Å². The number of hydrogen-bond donors (Lipinski definition) is 2. The van der Waals surface area contributed by atoms with Gasteiger partial charge in [-0.2, -0.15) is 0 Å². The van der Waals surface area contributed by atoms with Gasteiger partial charge in [0.1, 0.15) is 0 Å². The van der Waals surface area contributed by atoms with E-state index < -0.39 is 6.03 Å². The molecule has 0 heterocycles. The van der Waals surface area contributed by atoms with Crippen molar-refractivity contribution in [3.63, 3.8) is 0 Å². The summed E-state index contributed by atoms with van der Waals surface area (Å²) in [6, 6.07) is 7.73. The molecule has 5 heteroatoms. The zero-order valence-corrected chi connectivity index (χ0v) is 15.1. The van der Waals surface area contributed by atoms with Crippen molar-refractivity contribution in [1.82, 2.24) is 10.6 Å².